The van der Waals surface area contributed by atoms with Crippen LogP contribution in [0, 0.1) is 0 Å². The summed E-state index contributed by atoms with van der Waals surface area (Å²) in [4.78, 5) is 0. The number of methoxy groups -OCH3 is 1. The van der Waals surface area contributed by atoms with Crippen LogP contribution in [0.3, 0.4) is 0 Å². The van der Waals surface area contributed by atoms with Crippen LogP contribution >= 0.6 is 11.6 Å². The largest absolute Gasteiger partial charge is 0.495 e. The molecule has 0 atom stereocenters. The van der Waals surface area contributed by atoms with Crippen molar-refractivity contribution < 1.29 is 14.6 Å². The molecule has 0 saturated heterocycles. The molecule has 0 bridgehead atoms. The van der Waals surface area contributed by atoms with Crippen molar-refractivity contribution in [3.63, 3.8) is 0 Å². The first-order chi connectivity index (χ1) is 6.74. The Kier molecular flexibility index (Phi) is 4.04. The molecule has 1 rings (SSSR count). The molecule has 0 radical (unpaired) electrons. The van der Waals surface area contributed by atoms with E-state index in [-0.39, 0.29) is 6.61 Å². The SMILES string of the molecule is CCOc1c(CO)ccc(OC)c1Cl. The Labute approximate surface area is 88.2 Å². The van der Waals surface area contributed by atoms with Gasteiger partial charge in [0.05, 0.1) is 20.3 Å². The number of halogens is 1. The Morgan fingerprint density at radius 1 is 1.43 bits per heavy atom. The molecule has 14 heavy (non-hydrogen) atoms. The quantitative estimate of drug-likeness (QED) is 0.839. The molecule has 0 heterocycles. The maximum atomic E-state index is 9.05. The molecule has 0 spiro atoms. The lowest BCUT2D eigenvalue weighted by atomic mass is 10.2. The summed E-state index contributed by atoms with van der Waals surface area (Å²) in [7, 11) is 1.54. The Morgan fingerprint density at radius 3 is 2.64 bits per heavy atom. The zero-order chi connectivity index (χ0) is 10.6. The van der Waals surface area contributed by atoms with Gasteiger partial charge in [-0.1, -0.05) is 11.6 Å². The van der Waals surface area contributed by atoms with E-state index in [1.54, 1.807) is 12.1 Å². The van der Waals surface area contributed by atoms with E-state index in [9.17, 15) is 0 Å². The second kappa shape index (κ2) is 5.08. The van der Waals surface area contributed by atoms with E-state index in [0.717, 1.165) is 0 Å². The first-order valence-electron chi connectivity index (χ1n) is 4.33. The van der Waals surface area contributed by atoms with Crippen LogP contribution in [0.2, 0.25) is 5.02 Å². The van der Waals surface area contributed by atoms with E-state index in [0.29, 0.717) is 28.7 Å². The van der Waals surface area contributed by atoms with Gasteiger partial charge < -0.3 is 14.6 Å². The van der Waals surface area contributed by atoms with Gasteiger partial charge in [-0.2, -0.15) is 0 Å². The standard InChI is InChI=1S/C10H13ClO3/c1-3-14-10-7(6-12)4-5-8(13-2)9(10)11/h4-5,12H,3,6H2,1-2H3. The van der Waals surface area contributed by atoms with E-state index in [1.807, 2.05) is 6.92 Å². The van der Waals surface area contributed by atoms with Crippen molar-refractivity contribution in [1.29, 1.82) is 0 Å². The van der Waals surface area contributed by atoms with Crippen molar-refractivity contribution in [3.05, 3.63) is 22.7 Å². The Balaban J connectivity index is 3.16. The average Bonchev–Trinajstić information content (AvgIpc) is 2.21. The zero-order valence-electron chi connectivity index (χ0n) is 8.21. The minimum Gasteiger partial charge on any atom is -0.495 e. The minimum absolute atomic E-state index is 0.0982. The molecule has 1 aromatic rings. The lowest BCUT2D eigenvalue weighted by molar-refractivity contribution is 0.266. The van der Waals surface area contributed by atoms with Crippen molar-refractivity contribution in [3.8, 4) is 11.5 Å². The molecular weight excluding hydrogens is 204 g/mol. The molecular formula is C10H13ClO3. The number of aliphatic hydroxyl groups is 1. The van der Waals surface area contributed by atoms with Crippen molar-refractivity contribution >= 4 is 11.6 Å². The van der Waals surface area contributed by atoms with Gasteiger partial charge in [0.25, 0.3) is 0 Å². The molecule has 0 saturated carbocycles. The molecule has 1 N–H and O–H groups in total. The first kappa shape index (κ1) is 11.1. The monoisotopic (exact) mass is 216 g/mol. The van der Waals surface area contributed by atoms with Gasteiger partial charge in [0.15, 0.2) is 0 Å². The molecule has 4 heteroatoms. The molecule has 0 aliphatic carbocycles. The van der Waals surface area contributed by atoms with Crippen LogP contribution in [0.5, 0.6) is 11.5 Å². The molecule has 78 valence electrons. The molecule has 0 aliphatic rings. The van der Waals surface area contributed by atoms with E-state index < -0.39 is 0 Å². The minimum atomic E-state index is -0.0982. The summed E-state index contributed by atoms with van der Waals surface area (Å²) in [5, 5.41) is 9.46. The van der Waals surface area contributed by atoms with Gasteiger partial charge in [-0.05, 0) is 19.1 Å². The lowest BCUT2D eigenvalue weighted by Gasteiger charge is -2.12. The summed E-state index contributed by atoms with van der Waals surface area (Å²) in [6.45, 7) is 2.26. The third-order valence-corrected chi connectivity index (χ3v) is 2.18. The summed E-state index contributed by atoms with van der Waals surface area (Å²) in [5.74, 6) is 1.04. The fourth-order valence-corrected chi connectivity index (χ4v) is 1.48. The number of ether oxygens (including phenoxy) is 2. The van der Waals surface area contributed by atoms with Crippen LogP contribution in [0.25, 0.3) is 0 Å². The smallest absolute Gasteiger partial charge is 0.147 e. The number of hydrogen-bond acceptors (Lipinski definition) is 3. The van der Waals surface area contributed by atoms with E-state index in [1.165, 1.54) is 7.11 Å². The second-order valence-electron chi connectivity index (χ2n) is 2.66. The molecule has 0 aliphatic heterocycles. The van der Waals surface area contributed by atoms with Crippen LogP contribution in [-0.4, -0.2) is 18.8 Å². The van der Waals surface area contributed by atoms with Gasteiger partial charge in [-0.25, -0.2) is 0 Å². The van der Waals surface area contributed by atoms with Gasteiger partial charge >= 0.3 is 0 Å². The molecule has 0 unspecified atom stereocenters. The van der Waals surface area contributed by atoms with Gasteiger partial charge in [0.2, 0.25) is 0 Å². The summed E-state index contributed by atoms with van der Waals surface area (Å²) in [6, 6.07) is 3.44. The average molecular weight is 217 g/mol. The fourth-order valence-electron chi connectivity index (χ4n) is 1.16. The lowest BCUT2D eigenvalue weighted by Crippen LogP contribution is -1.99. The first-order valence-corrected chi connectivity index (χ1v) is 4.71. The molecule has 3 nitrogen and oxygen atoms in total. The van der Waals surface area contributed by atoms with Crippen LogP contribution in [0.15, 0.2) is 12.1 Å². The topological polar surface area (TPSA) is 38.7 Å². The number of aliphatic hydroxyl groups excluding tert-OH is 1. The van der Waals surface area contributed by atoms with E-state index >= 15 is 0 Å². The summed E-state index contributed by atoms with van der Waals surface area (Å²) in [6.07, 6.45) is 0. The van der Waals surface area contributed by atoms with Gasteiger partial charge in [0, 0.05) is 5.56 Å². The number of rotatable bonds is 4. The van der Waals surface area contributed by atoms with E-state index in [4.69, 9.17) is 26.2 Å². The third kappa shape index (κ3) is 2.11. The van der Waals surface area contributed by atoms with Gasteiger partial charge in [0.1, 0.15) is 16.5 Å². The Hall–Kier alpha value is -0.930. The fraction of sp³-hybridized carbons (Fsp3) is 0.400. The second-order valence-corrected chi connectivity index (χ2v) is 3.04. The maximum absolute atomic E-state index is 9.05. The molecule has 0 fully saturated rings. The Morgan fingerprint density at radius 2 is 2.14 bits per heavy atom. The number of hydrogen-bond donors (Lipinski definition) is 1. The highest BCUT2D eigenvalue weighted by atomic mass is 35.5. The summed E-state index contributed by atoms with van der Waals surface area (Å²) < 4.78 is 10.4. The summed E-state index contributed by atoms with van der Waals surface area (Å²) >= 11 is 6.01. The van der Waals surface area contributed by atoms with Gasteiger partial charge in [-0.3, -0.25) is 0 Å². The highest BCUT2D eigenvalue weighted by Crippen LogP contribution is 2.36. The van der Waals surface area contributed by atoms with Crippen LogP contribution in [0.1, 0.15) is 12.5 Å². The molecule has 0 aromatic heterocycles. The predicted molar refractivity (Wildman–Crippen MR) is 55.1 cm³/mol. The van der Waals surface area contributed by atoms with E-state index in [2.05, 4.69) is 0 Å². The van der Waals surface area contributed by atoms with Crippen molar-refractivity contribution in [1.82, 2.24) is 0 Å². The zero-order valence-corrected chi connectivity index (χ0v) is 8.97. The maximum Gasteiger partial charge on any atom is 0.147 e. The van der Waals surface area contributed by atoms with Crippen LogP contribution in [0.4, 0.5) is 0 Å². The molecule has 1 aromatic carbocycles. The number of benzene rings is 1. The van der Waals surface area contributed by atoms with Crippen molar-refractivity contribution in [2.24, 2.45) is 0 Å². The van der Waals surface area contributed by atoms with Crippen LogP contribution in [-0.2, 0) is 6.61 Å². The van der Waals surface area contributed by atoms with Crippen LogP contribution < -0.4 is 9.47 Å². The third-order valence-electron chi connectivity index (χ3n) is 1.82. The van der Waals surface area contributed by atoms with Crippen molar-refractivity contribution in [2.45, 2.75) is 13.5 Å². The normalized spacial score (nSPS) is 10.0. The van der Waals surface area contributed by atoms with Crippen molar-refractivity contribution in [2.75, 3.05) is 13.7 Å². The highest BCUT2D eigenvalue weighted by molar-refractivity contribution is 6.33. The van der Waals surface area contributed by atoms with Gasteiger partial charge in [-0.15, -0.1) is 0 Å². The highest BCUT2D eigenvalue weighted by Gasteiger charge is 2.12. The Bertz CT molecular complexity index is 312. The predicted octanol–water partition coefficient (Wildman–Crippen LogP) is 2.24. The molecule has 0 amide bonds. The summed E-state index contributed by atoms with van der Waals surface area (Å²) in [5.41, 5.74) is 0.664.